The van der Waals surface area contributed by atoms with Crippen molar-refractivity contribution in [2.75, 3.05) is 0 Å². The third-order valence-corrected chi connectivity index (χ3v) is 3.80. The molecule has 1 heterocycles. The summed E-state index contributed by atoms with van der Waals surface area (Å²) in [6, 6.07) is 3.89. The lowest BCUT2D eigenvalue weighted by Gasteiger charge is -2.07. The molecule has 5 N–H and O–H groups in total. The lowest BCUT2D eigenvalue weighted by molar-refractivity contribution is 0.0951. The Kier molecular flexibility index (Phi) is 4.52. The van der Waals surface area contributed by atoms with Crippen LogP contribution in [-0.2, 0) is 6.54 Å². The van der Waals surface area contributed by atoms with Crippen molar-refractivity contribution in [2.24, 2.45) is 11.5 Å². The van der Waals surface area contributed by atoms with Crippen LogP contribution in [0.2, 0.25) is 0 Å². The third-order valence-electron chi connectivity index (χ3n) is 2.83. The van der Waals surface area contributed by atoms with Crippen molar-refractivity contribution >= 4 is 29.1 Å². The topological polar surface area (TPSA) is 128 Å². The first-order chi connectivity index (χ1) is 10.4. The van der Waals surface area contributed by atoms with Crippen LogP contribution < -0.4 is 16.8 Å². The summed E-state index contributed by atoms with van der Waals surface area (Å²) in [6.07, 6.45) is 0. The van der Waals surface area contributed by atoms with E-state index in [9.17, 15) is 14.4 Å². The number of hydrogen-bond acceptors (Lipinski definition) is 5. The number of carbonyl (C=O) groups is 3. The molecule has 0 radical (unpaired) electrons. The molecule has 0 spiro atoms. The van der Waals surface area contributed by atoms with Gasteiger partial charge in [0, 0.05) is 27.8 Å². The van der Waals surface area contributed by atoms with Gasteiger partial charge in [0.25, 0.3) is 5.91 Å². The largest absolute Gasteiger partial charge is 0.366 e. The Labute approximate surface area is 130 Å². The molecular weight excluding hydrogens is 304 g/mol. The zero-order valence-electron chi connectivity index (χ0n) is 11.8. The maximum Gasteiger partial charge on any atom is 0.251 e. The van der Waals surface area contributed by atoms with Crippen molar-refractivity contribution in [1.29, 1.82) is 0 Å². The Morgan fingerprint density at radius 2 is 1.64 bits per heavy atom. The van der Waals surface area contributed by atoms with Crippen molar-refractivity contribution in [3.63, 3.8) is 0 Å². The predicted octanol–water partition coefficient (Wildman–Crippen LogP) is 0.579. The molecule has 0 aliphatic carbocycles. The summed E-state index contributed by atoms with van der Waals surface area (Å²) in [5.74, 6) is -1.93. The molecule has 1 aromatic carbocycles. The van der Waals surface area contributed by atoms with Gasteiger partial charge < -0.3 is 16.8 Å². The minimum absolute atomic E-state index is 0.0477. The van der Waals surface area contributed by atoms with Crippen LogP contribution in [0.4, 0.5) is 0 Å². The van der Waals surface area contributed by atoms with E-state index in [1.807, 2.05) is 12.3 Å². The average Bonchev–Trinajstić information content (AvgIpc) is 2.89. The summed E-state index contributed by atoms with van der Waals surface area (Å²) >= 11 is 1.43. The molecule has 0 atom stereocenters. The van der Waals surface area contributed by atoms with E-state index in [2.05, 4.69) is 10.3 Å². The van der Waals surface area contributed by atoms with Crippen LogP contribution in [0.5, 0.6) is 0 Å². The summed E-state index contributed by atoms with van der Waals surface area (Å²) in [4.78, 5) is 38.9. The van der Waals surface area contributed by atoms with E-state index >= 15 is 0 Å². The van der Waals surface area contributed by atoms with Gasteiger partial charge in [-0.25, -0.2) is 4.98 Å². The monoisotopic (exact) mass is 318 g/mol. The Bertz CT molecular complexity index is 722. The van der Waals surface area contributed by atoms with Gasteiger partial charge in [-0.3, -0.25) is 14.4 Å². The number of nitrogens with two attached hydrogens (primary N) is 2. The number of primary amides is 2. The molecule has 22 heavy (non-hydrogen) atoms. The SMILES string of the molecule is Cc1csc(CNC(=O)c2cc(C(N)=O)cc(C(N)=O)c2)n1. The maximum atomic E-state index is 12.1. The number of aromatic nitrogens is 1. The molecule has 0 aliphatic rings. The van der Waals surface area contributed by atoms with Crippen molar-refractivity contribution in [1.82, 2.24) is 10.3 Å². The van der Waals surface area contributed by atoms with Crippen molar-refractivity contribution in [3.8, 4) is 0 Å². The van der Waals surface area contributed by atoms with Crippen LogP contribution in [0.1, 0.15) is 41.8 Å². The highest BCUT2D eigenvalue weighted by atomic mass is 32.1. The highest BCUT2D eigenvalue weighted by Gasteiger charge is 2.14. The molecular formula is C14H14N4O3S. The number of amides is 3. The summed E-state index contributed by atoms with van der Waals surface area (Å²) in [7, 11) is 0. The summed E-state index contributed by atoms with van der Waals surface area (Å²) in [6.45, 7) is 2.11. The molecule has 0 fully saturated rings. The number of aryl methyl sites for hydroxylation is 1. The second kappa shape index (κ2) is 6.35. The second-order valence-electron chi connectivity index (χ2n) is 4.59. The van der Waals surface area contributed by atoms with Crippen LogP contribution in [0.3, 0.4) is 0 Å². The van der Waals surface area contributed by atoms with Gasteiger partial charge >= 0.3 is 0 Å². The quantitative estimate of drug-likeness (QED) is 0.744. The highest BCUT2D eigenvalue weighted by Crippen LogP contribution is 2.12. The molecule has 0 aliphatic heterocycles. The lowest BCUT2D eigenvalue weighted by atomic mass is 10.0. The van der Waals surface area contributed by atoms with Gasteiger partial charge in [-0.1, -0.05) is 0 Å². The minimum atomic E-state index is -0.743. The van der Waals surface area contributed by atoms with Crippen molar-refractivity contribution in [2.45, 2.75) is 13.5 Å². The average molecular weight is 318 g/mol. The van der Waals surface area contributed by atoms with Gasteiger partial charge in [-0.2, -0.15) is 0 Å². The van der Waals surface area contributed by atoms with Crippen LogP contribution in [-0.4, -0.2) is 22.7 Å². The van der Waals surface area contributed by atoms with Gasteiger partial charge in [0.05, 0.1) is 6.54 Å². The smallest absolute Gasteiger partial charge is 0.251 e. The standard InChI is InChI=1S/C14H14N4O3S/c1-7-6-22-11(18-7)5-17-14(21)10-3-8(12(15)19)2-9(4-10)13(16)20/h2-4,6H,5H2,1H3,(H2,15,19)(H2,16,20)(H,17,21). The first-order valence-corrected chi connectivity index (χ1v) is 7.18. The first-order valence-electron chi connectivity index (χ1n) is 6.30. The number of benzene rings is 1. The summed E-state index contributed by atoms with van der Waals surface area (Å²) in [5, 5.41) is 5.30. The van der Waals surface area contributed by atoms with E-state index in [0.29, 0.717) is 0 Å². The van der Waals surface area contributed by atoms with E-state index in [1.165, 1.54) is 29.5 Å². The second-order valence-corrected chi connectivity index (χ2v) is 5.54. The van der Waals surface area contributed by atoms with Gasteiger partial charge in [-0.05, 0) is 25.1 Å². The maximum absolute atomic E-state index is 12.1. The Morgan fingerprint density at radius 1 is 1.09 bits per heavy atom. The molecule has 0 unspecified atom stereocenters. The molecule has 0 saturated heterocycles. The molecule has 1 aromatic heterocycles. The lowest BCUT2D eigenvalue weighted by Crippen LogP contribution is -2.24. The zero-order chi connectivity index (χ0) is 16.3. The van der Waals surface area contributed by atoms with Gasteiger partial charge in [0.15, 0.2) is 0 Å². The van der Waals surface area contributed by atoms with Crippen molar-refractivity contribution < 1.29 is 14.4 Å². The van der Waals surface area contributed by atoms with Crippen LogP contribution in [0.15, 0.2) is 23.6 Å². The van der Waals surface area contributed by atoms with Gasteiger partial charge in [-0.15, -0.1) is 11.3 Å². The number of hydrogen-bond donors (Lipinski definition) is 3. The van der Waals surface area contributed by atoms with E-state index in [0.717, 1.165) is 10.7 Å². The fourth-order valence-electron chi connectivity index (χ4n) is 1.79. The van der Waals surface area contributed by atoms with Crippen LogP contribution >= 0.6 is 11.3 Å². The molecule has 114 valence electrons. The van der Waals surface area contributed by atoms with E-state index < -0.39 is 17.7 Å². The Balaban J connectivity index is 2.20. The number of nitrogens with zero attached hydrogens (tertiary/aromatic N) is 1. The van der Waals surface area contributed by atoms with Crippen molar-refractivity contribution in [3.05, 3.63) is 51.0 Å². The summed E-state index contributed by atoms with van der Waals surface area (Å²) in [5.41, 5.74) is 11.5. The highest BCUT2D eigenvalue weighted by molar-refractivity contribution is 7.09. The zero-order valence-corrected chi connectivity index (χ0v) is 12.6. The van der Waals surface area contributed by atoms with Crippen LogP contribution in [0, 0.1) is 6.92 Å². The molecule has 8 heteroatoms. The van der Waals surface area contributed by atoms with E-state index in [4.69, 9.17) is 11.5 Å². The van der Waals surface area contributed by atoms with E-state index in [-0.39, 0.29) is 23.2 Å². The Hall–Kier alpha value is -2.74. The fourth-order valence-corrected chi connectivity index (χ4v) is 2.50. The molecule has 3 amide bonds. The molecule has 2 rings (SSSR count). The molecule has 0 saturated carbocycles. The number of nitrogens with one attached hydrogen (secondary N) is 1. The van der Waals surface area contributed by atoms with Crippen LogP contribution in [0.25, 0.3) is 0 Å². The molecule has 0 bridgehead atoms. The van der Waals surface area contributed by atoms with Gasteiger partial charge in [0.1, 0.15) is 5.01 Å². The number of carbonyl (C=O) groups excluding carboxylic acids is 3. The number of thiazole rings is 1. The molecule has 7 nitrogen and oxygen atoms in total. The number of rotatable bonds is 5. The molecule has 2 aromatic rings. The predicted molar refractivity (Wildman–Crippen MR) is 81.5 cm³/mol. The Morgan fingerprint density at radius 3 is 2.09 bits per heavy atom. The summed E-state index contributed by atoms with van der Waals surface area (Å²) < 4.78 is 0. The normalized spacial score (nSPS) is 10.2. The fraction of sp³-hybridized carbons (Fsp3) is 0.143. The van der Waals surface area contributed by atoms with Gasteiger partial charge in [0.2, 0.25) is 11.8 Å². The minimum Gasteiger partial charge on any atom is -0.366 e. The first kappa shape index (κ1) is 15.6. The third kappa shape index (κ3) is 3.67. The van der Waals surface area contributed by atoms with E-state index in [1.54, 1.807) is 0 Å².